The largest absolute Gasteiger partial charge is 0.368 e. The predicted octanol–water partition coefficient (Wildman–Crippen LogP) is 2.76. The highest BCUT2D eigenvalue weighted by Crippen LogP contribution is 2.20. The van der Waals surface area contributed by atoms with Gasteiger partial charge >= 0.3 is 0 Å². The second-order valence-corrected chi connectivity index (χ2v) is 5.84. The predicted molar refractivity (Wildman–Crippen MR) is 98.6 cm³/mol. The van der Waals surface area contributed by atoms with E-state index in [1.165, 1.54) is 11.0 Å². The van der Waals surface area contributed by atoms with Crippen LogP contribution < -0.4 is 5.32 Å². The fraction of sp³-hybridized carbons (Fsp3) is 0.211. The minimum atomic E-state index is -0.188. The Morgan fingerprint density at radius 1 is 1.24 bits per heavy atom. The summed E-state index contributed by atoms with van der Waals surface area (Å²) in [5, 5.41) is 6.21. The number of hydrogen-bond acceptors (Lipinski definition) is 5. The Balaban J connectivity index is 1.74. The van der Waals surface area contributed by atoms with Crippen LogP contribution in [-0.4, -0.2) is 41.9 Å². The zero-order valence-electron chi connectivity index (χ0n) is 13.9. The first-order chi connectivity index (χ1) is 12.2. The average molecular weight is 336 g/mol. The Morgan fingerprint density at radius 3 is 2.80 bits per heavy atom. The molecule has 0 aromatic heterocycles. The standard InChI is InChI=1S/C19H20N4O2/c1-15-5-7-18(22-11-9-20-10-12-22)14-23(15)19(24)8-6-16-3-2-4-17(13-16)21-25/h2-8,13-14,20H,1,9-12H2/b8-6+. The first kappa shape index (κ1) is 16.9. The van der Waals surface area contributed by atoms with Crippen molar-refractivity contribution in [3.63, 3.8) is 0 Å². The monoisotopic (exact) mass is 336 g/mol. The number of nitroso groups, excluding NO2 is 1. The lowest BCUT2D eigenvalue weighted by Crippen LogP contribution is -2.43. The van der Waals surface area contributed by atoms with Crippen LogP contribution in [0.1, 0.15) is 5.56 Å². The van der Waals surface area contributed by atoms with E-state index in [2.05, 4.69) is 22.0 Å². The van der Waals surface area contributed by atoms with Gasteiger partial charge in [-0.1, -0.05) is 18.7 Å². The fourth-order valence-corrected chi connectivity index (χ4v) is 2.77. The number of nitrogens with one attached hydrogen (secondary N) is 1. The summed E-state index contributed by atoms with van der Waals surface area (Å²) in [4.78, 5) is 26.9. The molecule has 0 saturated carbocycles. The summed E-state index contributed by atoms with van der Waals surface area (Å²) in [7, 11) is 0. The Morgan fingerprint density at radius 2 is 2.04 bits per heavy atom. The van der Waals surface area contributed by atoms with E-state index in [-0.39, 0.29) is 5.91 Å². The fourth-order valence-electron chi connectivity index (χ4n) is 2.77. The molecule has 1 aromatic rings. The molecule has 0 atom stereocenters. The molecule has 25 heavy (non-hydrogen) atoms. The van der Waals surface area contributed by atoms with Crippen LogP contribution in [0.2, 0.25) is 0 Å². The van der Waals surface area contributed by atoms with Crippen LogP contribution in [0.5, 0.6) is 0 Å². The van der Waals surface area contributed by atoms with Crippen LogP contribution in [0.3, 0.4) is 0 Å². The van der Waals surface area contributed by atoms with Crippen LogP contribution in [0.25, 0.3) is 6.08 Å². The zero-order chi connectivity index (χ0) is 17.6. The van der Waals surface area contributed by atoms with Gasteiger partial charge in [-0.15, -0.1) is 4.91 Å². The molecule has 1 N–H and O–H groups in total. The van der Waals surface area contributed by atoms with Crippen molar-refractivity contribution in [2.45, 2.75) is 0 Å². The summed E-state index contributed by atoms with van der Waals surface area (Å²) in [6.45, 7) is 7.61. The minimum Gasteiger partial charge on any atom is -0.368 e. The molecule has 1 saturated heterocycles. The van der Waals surface area contributed by atoms with Gasteiger partial charge in [-0.2, -0.15) is 0 Å². The van der Waals surface area contributed by atoms with Gasteiger partial charge in [0.1, 0.15) is 5.69 Å². The topological polar surface area (TPSA) is 65.0 Å². The van der Waals surface area contributed by atoms with E-state index in [4.69, 9.17) is 0 Å². The van der Waals surface area contributed by atoms with Gasteiger partial charge in [0.25, 0.3) is 5.91 Å². The molecule has 0 radical (unpaired) electrons. The van der Waals surface area contributed by atoms with Gasteiger partial charge in [-0.05, 0) is 41.1 Å². The third kappa shape index (κ3) is 4.10. The molecule has 0 bridgehead atoms. The average Bonchev–Trinajstić information content (AvgIpc) is 2.67. The highest BCUT2D eigenvalue weighted by Gasteiger charge is 2.19. The first-order valence-corrected chi connectivity index (χ1v) is 8.16. The normalized spacial score (nSPS) is 17.8. The number of nitrogens with zero attached hydrogens (tertiary/aromatic N) is 3. The van der Waals surface area contributed by atoms with Crippen molar-refractivity contribution in [1.29, 1.82) is 0 Å². The first-order valence-electron chi connectivity index (χ1n) is 8.16. The van der Waals surface area contributed by atoms with E-state index < -0.39 is 0 Å². The second kappa shape index (κ2) is 7.72. The van der Waals surface area contributed by atoms with Crippen LogP contribution >= 0.6 is 0 Å². The Bertz CT molecular complexity index is 773. The molecule has 0 spiro atoms. The maximum absolute atomic E-state index is 12.5. The highest BCUT2D eigenvalue weighted by molar-refractivity contribution is 5.94. The van der Waals surface area contributed by atoms with Gasteiger partial charge < -0.3 is 10.2 Å². The summed E-state index contributed by atoms with van der Waals surface area (Å²) < 4.78 is 0. The van der Waals surface area contributed by atoms with Crippen molar-refractivity contribution in [1.82, 2.24) is 15.1 Å². The minimum absolute atomic E-state index is 0.188. The summed E-state index contributed by atoms with van der Waals surface area (Å²) in [6, 6.07) is 6.78. The molecule has 6 heteroatoms. The maximum atomic E-state index is 12.5. The van der Waals surface area contributed by atoms with Gasteiger partial charge in [0, 0.05) is 44.2 Å². The number of carbonyl (C=O) groups excluding carboxylic acids is 1. The molecule has 2 aliphatic rings. The third-order valence-corrected chi connectivity index (χ3v) is 4.13. The molecule has 1 fully saturated rings. The van der Waals surface area contributed by atoms with E-state index in [9.17, 15) is 9.70 Å². The van der Waals surface area contributed by atoms with Gasteiger partial charge in [0.05, 0.1) is 5.70 Å². The van der Waals surface area contributed by atoms with E-state index in [1.807, 2.05) is 24.4 Å². The molecule has 6 nitrogen and oxygen atoms in total. The van der Waals surface area contributed by atoms with Crippen LogP contribution in [0.4, 0.5) is 5.69 Å². The summed E-state index contributed by atoms with van der Waals surface area (Å²) in [6.07, 6.45) is 8.80. The van der Waals surface area contributed by atoms with E-state index in [1.54, 1.807) is 24.3 Å². The molecule has 128 valence electrons. The quantitative estimate of drug-likeness (QED) is 0.678. The van der Waals surface area contributed by atoms with E-state index >= 15 is 0 Å². The number of piperazine rings is 1. The lowest BCUT2D eigenvalue weighted by atomic mass is 10.1. The summed E-state index contributed by atoms with van der Waals surface area (Å²) >= 11 is 0. The van der Waals surface area contributed by atoms with E-state index in [0.29, 0.717) is 11.4 Å². The van der Waals surface area contributed by atoms with Crippen LogP contribution in [0, 0.1) is 4.91 Å². The molecular weight excluding hydrogens is 316 g/mol. The van der Waals surface area contributed by atoms with Crippen molar-refractivity contribution in [2.24, 2.45) is 5.18 Å². The van der Waals surface area contributed by atoms with Crippen molar-refractivity contribution in [3.05, 3.63) is 77.1 Å². The smallest absolute Gasteiger partial charge is 0.255 e. The SMILES string of the molecule is C=C1C=CC(N2CCNCC2)=CN1C(=O)/C=C/c1cccc(N=O)c1. The molecule has 2 heterocycles. The van der Waals surface area contributed by atoms with Gasteiger partial charge in [-0.25, -0.2) is 0 Å². The maximum Gasteiger partial charge on any atom is 0.255 e. The van der Waals surface area contributed by atoms with Gasteiger partial charge in [0.2, 0.25) is 0 Å². The number of amides is 1. The van der Waals surface area contributed by atoms with Crippen molar-refractivity contribution in [3.8, 4) is 0 Å². The lowest BCUT2D eigenvalue weighted by Gasteiger charge is -2.33. The number of hydrogen-bond donors (Lipinski definition) is 1. The molecule has 0 aliphatic carbocycles. The van der Waals surface area contributed by atoms with Crippen molar-refractivity contribution >= 4 is 17.7 Å². The van der Waals surface area contributed by atoms with Gasteiger partial charge in [0.15, 0.2) is 0 Å². The van der Waals surface area contributed by atoms with Crippen molar-refractivity contribution in [2.75, 3.05) is 26.2 Å². The number of allylic oxidation sites excluding steroid dienone is 2. The van der Waals surface area contributed by atoms with Crippen LogP contribution in [-0.2, 0) is 4.79 Å². The highest BCUT2D eigenvalue weighted by atomic mass is 16.3. The second-order valence-electron chi connectivity index (χ2n) is 5.84. The summed E-state index contributed by atoms with van der Waals surface area (Å²) in [5.41, 5.74) is 2.70. The zero-order valence-corrected chi connectivity index (χ0v) is 13.9. The number of carbonyl (C=O) groups is 1. The molecule has 1 aromatic carbocycles. The van der Waals surface area contributed by atoms with E-state index in [0.717, 1.165) is 37.4 Å². The molecule has 0 unspecified atom stereocenters. The van der Waals surface area contributed by atoms with Crippen molar-refractivity contribution < 1.29 is 4.79 Å². The number of benzene rings is 1. The molecule has 3 rings (SSSR count). The molecular formula is C19H20N4O2. The number of rotatable bonds is 4. The molecule has 2 aliphatic heterocycles. The summed E-state index contributed by atoms with van der Waals surface area (Å²) in [5.74, 6) is -0.188. The molecule has 1 amide bonds. The Hall–Kier alpha value is -2.99. The third-order valence-electron chi connectivity index (χ3n) is 4.13. The van der Waals surface area contributed by atoms with Gasteiger partial charge in [-0.3, -0.25) is 9.69 Å². The Labute approximate surface area is 146 Å². The van der Waals surface area contributed by atoms with Crippen LogP contribution in [0.15, 0.2) is 71.8 Å². The Kier molecular flexibility index (Phi) is 5.20. The lowest BCUT2D eigenvalue weighted by molar-refractivity contribution is -0.122.